The number of hydrogen-bond acceptors (Lipinski definition) is 16. The van der Waals surface area contributed by atoms with Crippen LogP contribution in [-0.4, -0.2) is 165 Å². The lowest BCUT2D eigenvalue weighted by Gasteiger charge is -2.43. The highest BCUT2D eigenvalue weighted by atomic mass is 16.6. The highest BCUT2D eigenvalue weighted by Crippen LogP contribution is 2.19. The van der Waals surface area contributed by atoms with E-state index in [1.165, 1.54) is 9.80 Å². The number of amides is 6. The number of imide groups is 2. The number of carboxylic acid groups (broad SMARTS) is 2. The lowest BCUT2D eigenvalue weighted by molar-refractivity contribution is -0.170. The molecule has 2 heterocycles. The van der Waals surface area contributed by atoms with Gasteiger partial charge in [0.05, 0.1) is 39.0 Å². The number of hydrogen-bond donors (Lipinski definition) is 4. The first-order valence-corrected chi connectivity index (χ1v) is 16.7. The molecule has 22 nitrogen and oxygen atoms in total. The van der Waals surface area contributed by atoms with Crippen LogP contribution < -0.4 is 10.6 Å². The van der Waals surface area contributed by atoms with Gasteiger partial charge in [-0.1, -0.05) is 0 Å². The predicted molar refractivity (Wildman–Crippen MR) is 179 cm³/mol. The van der Waals surface area contributed by atoms with Crippen LogP contribution in [0.5, 0.6) is 0 Å². The van der Waals surface area contributed by atoms with Gasteiger partial charge in [-0.25, -0.2) is 29.0 Å². The summed E-state index contributed by atoms with van der Waals surface area (Å²) in [5.41, 5.74) is -1.91. The van der Waals surface area contributed by atoms with Crippen LogP contribution >= 0.6 is 0 Å². The van der Waals surface area contributed by atoms with Gasteiger partial charge in [-0.3, -0.25) is 38.6 Å². The van der Waals surface area contributed by atoms with Gasteiger partial charge >= 0.3 is 36.1 Å². The number of rotatable bonds is 15. The first-order valence-electron chi connectivity index (χ1n) is 16.7. The molecule has 0 spiro atoms. The van der Waals surface area contributed by atoms with E-state index in [0.717, 1.165) is 0 Å². The molecule has 2 aliphatic heterocycles. The van der Waals surface area contributed by atoms with Crippen molar-refractivity contribution in [1.29, 1.82) is 0 Å². The van der Waals surface area contributed by atoms with Crippen LogP contribution in [0.1, 0.15) is 68.2 Å². The Morgan fingerprint density at radius 2 is 0.870 bits per heavy atom. The Morgan fingerprint density at radius 3 is 1.11 bits per heavy atom. The second kappa shape index (κ2) is 18.6. The number of carbonyl (C=O) groups is 10. The van der Waals surface area contributed by atoms with E-state index in [1.54, 1.807) is 55.4 Å². The fourth-order valence-electron chi connectivity index (χ4n) is 4.99. The minimum atomic E-state index is -1.68. The molecule has 2 aliphatic rings. The van der Waals surface area contributed by atoms with Crippen molar-refractivity contribution >= 4 is 59.7 Å². The van der Waals surface area contributed by atoms with Crippen molar-refractivity contribution in [3.05, 3.63) is 0 Å². The molecule has 302 valence electrons. The van der Waals surface area contributed by atoms with Crippen molar-refractivity contribution in [2.75, 3.05) is 39.6 Å². The van der Waals surface area contributed by atoms with Crippen molar-refractivity contribution < 1.29 is 77.1 Å². The van der Waals surface area contributed by atoms with Crippen molar-refractivity contribution in [3.8, 4) is 0 Å². The number of esters is 2. The highest BCUT2D eigenvalue weighted by Gasteiger charge is 2.41. The number of carbonyl (C=O) groups excluding carboxylic acids is 8. The quantitative estimate of drug-likeness (QED) is 0.0867. The molecular formula is C32H48N6O16. The maximum Gasteiger partial charge on any atom is 0.408 e. The Balaban J connectivity index is 1.97. The molecule has 4 N–H and O–H groups in total. The minimum absolute atomic E-state index is 0.337. The number of aliphatic carboxylic acids is 2. The van der Waals surface area contributed by atoms with E-state index in [2.05, 4.69) is 10.6 Å². The number of alkyl carbamates (subject to hydrolysis) is 2. The summed E-state index contributed by atoms with van der Waals surface area (Å²) in [5, 5.41) is 22.5. The smallest absolute Gasteiger partial charge is 0.408 e. The number of ether oxygens (including phenoxy) is 4. The van der Waals surface area contributed by atoms with Crippen LogP contribution in [0.3, 0.4) is 0 Å². The van der Waals surface area contributed by atoms with E-state index in [9.17, 15) is 47.9 Å². The molecule has 0 bridgehead atoms. The molecule has 0 aromatic heterocycles. The lowest BCUT2D eigenvalue weighted by Crippen LogP contribution is -2.63. The topological polar surface area (TPSA) is 285 Å². The molecule has 0 radical (unpaired) electrons. The van der Waals surface area contributed by atoms with Crippen molar-refractivity contribution in [3.63, 3.8) is 0 Å². The second-order valence-corrected chi connectivity index (χ2v) is 14.5. The van der Waals surface area contributed by atoms with Gasteiger partial charge in [0, 0.05) is 12.1 Å². The summed E-state index contributed by atoms with van der Waals surface area (Å²) < 4.78 is 20.1. The van der Waals surface area contributed by atoms with Gasteiger partial charge in [0.25, 0.3) is 0 Å². The molecule has 2 fully saturated rings. The maximum atomic E-state index is 13.0. The molecular weight excluding hydrogens is 724 g/mol. The Labute approximate surface area is 310 Å². The Hall–Kier alpha value is -5.38. The van der Waals surface area contributed by atoms with Crippen molar-refractivity contribution in [2.24, 2.45) is 0 Å². The zero-order chi connectivity index (χ0) is 41.3. The van der Waals surface area contributed by atoms with E-state index < -0.39 is 121 Å². The summed E-state index contributed by atoms with van der Waals surface area (Å²) in [6.07, 6.45) is -3.90. The van der Waals surface area contributed by atoms with Crippen molar-refractivity contribution in [2.45, 2.75) is 104 Å². The van der Waals surface area contributed by atoms with Gasteiger partial charge in [0.15, 0.2) is 13.5 Å². The van der Waals surface area contributed by atoms with E-state index in [4.69, 9.17) is 29.2 Å². The van der Waals surface area contributed by atoms with Gasteiger partial charge in [0.2, 0.25) is 23.6 Å². The van der Waals surface area contributed by atoms with Gasteiger partial charge in [-0.15, -0.1) is 0 Å². The third-order valence-corrected chi connectivity index (χ3v) is 7.79. The van der Waals surface area contributed by atoms with Crippen LogP contribution in [0.4, 0.5) is 9.59 Å². The molecule has 22 heteroatoms. The van der Waals surface area contributed by atoms with Gasteiger partial charge in [-0.05, 0) is 55.4 Å². The minimum Gasteiger partial charge on any atom is -0.481 e. The zero-order valence-corrected chi connectivity index (χ0v) is 31.4. The molecule has 2 saturated heterocycles. The Bertz CT molecular complexity index is 1360. The number of piperazine rings is 2. The summed E-state index contributed by atoms with van der Waals surface area (Å²) in [5.74, 6) is -8.42. The number of nitrogens with one attached hydrogen (secondary N) is 2. The third kappa shape index (κ3) is 14.2. The fraction of sp³-hybridized carbons (Fsp3) is 0.688. The van der Waals surface area contributed by atoms with Gasteiger partial charge < -0.3 is 39.8 Å². The second-order valence-electron chi connectivity index (χ2n) is 14.5. The average Bonchev–Trinajstić information content (AvgIpc) is 2.99. The van der Waals surface area contributed by atoms with Crippen LogP contribution in [0, 0.1) is 0 Å². The molecule has 54 heavy (non-hydrogen) atoms. The maximum absolute atomic E-state index is 13.0. The van der Waals surface area contributed by atoms with E-state index in [-0.39, 0.29) is 26.2 Å². The number of carboxylic acids is 2. The first-order chi connectivity index (χ1) is 24.8. The molecule has 0 aromatic rings. The van der Waals surface area contributed by atoms with Gasteiger partial charge in [-0.2, -0.15) is 0 Å². The highest BCUT2D eigenvalue weighted by molar-refractivity contribution is 6.00. The van der Waals surface area contributed by atoms with E-state index in [1.807, 2.05) is 0 Å². The summed E-state index contributed by atoms with van der Waals surface area (Å²) in [7, 11) is 0. The monoisotopic (exact) mass is 772 g/mol. The van der Waals surface area contributed by atoms with E-state index >= 15 is 0 Å². The predicted octanol–water partition coefficient (Wildman–Crippen LogP) is -1.16. The SMILES string of the molecule is CC(C(C)N1CC(=O)N(COC(=O)C(CC(=O)O)NC(=O)OC(C)(C)C)C(=O)C1)N1CC(=O)N(COC(=O)C(CC(=O)O)NC(=O)OC(C)(C)C)C(=O)C1. The molecule has 4 atom stereocenters. The van der Waals surface area contributed by atoms with Crippen LogP contribution in [0.15, 0.2) is 0 Å². The van der Waals surface area contributed by atoms with Crippen molar-refractivity contribution in [1.82, 2.24) is 30.2 Å². The molecule has 0 saturated carbocycles. The fourth-order valence-corrected chi connectivity index (χ4v) is 4.99. The normalized spacial score (nSPS) is 18.2. The molecule has 2 rings (SSSR count). The lowest BCUT2D eigenvalue weighted by atomic mass is 10.1. The third-order valence-electron chi connectivity index (χ3n) is 7.79. The largest absolute Gasteiger partial charge is 0.481 e. The Kier molecular flexibility index (Phi) is 15.4. The average molecular weight is 773 g/mol. The summed E-state index contributed by atoms with van der Waals surface area (Å²) in [4.78, 5) is 128. The zero-order valence-electron chi connectivity index (χ0n) is 31.4. The summed E-state index contributed by atoms with van der Waals surface area (Å²) in [6, 6.07) is -4.56. The number of nitrogens with zero attached hydrogens (tertiary/aromatic N) is 4. The molecule has 0 aromatic carbocycles. The summed E-state index contributed by atoms with van der Waals surface area (Å²) >= 11 is 0. The molecule has 6 amide bonds. The molecule has 4 unspecified atom stereocenters. The first kappa shape index (κ1) is 44.8. The van der Waals surface area contributed by atoms with Crippen LogP contribution in [0.2, 0.25) is 0 Å². The standard InChI is InChI=1S/C32H48N6O16/c1-17(35-11-21(39)37(22(40)12-35)15-51-27(47)19(9-25(43)44)33-29(49)53-31(3,4)5)18(2)36-13-23(41)38(24(42)14-36)16-52-28(48)20(10-26(45)46)34-30(50)54-32(6,7)8/h17-20H,9-16H2,1-8H3,(H,33,49)(H,34,50)(H,43,44)(H,45,46). The summed E-state index contributed by atoms with van der Waals surface area (Å²) in [6.45, 7) is 9.56. The van der Waals surface area contributed by atoms with Crippen LogP contribution in [-0.2, 0) is 57.3 Å². The Morgan fingerprint density at radius 1 is 0.593 bits per heavy atom. The molecule has 0 aliphatic carbocycles. The van der Waals surface area contributed by atoms with Crippen LogP contribution in [0.25, 0.3) is 0 Å². The van der Waals surface area contributed by atoms with Gasteiger partial charge in [0.1, 0.15) is 23.3 Å². The van der Waals surface area contributed by atoms with E-state index in [0.29, 0.717) is 9.80 Å².